The predicted octanol–water partition coefficient (Wildman–Crippen LogP) is -2.36. The van der Waals surface area contributed by atoms with Crippen LogP contribution in [0.4, 0.5) is 0 Å². The second kappa shape index (κ2) is 8.43. The Morgan fingerprint density at radius 1 is 1.19 bits per heavy atom. The summed E-state index contributed by atoms with van der Waals surface area (Å²) in [7, 11) is 0. The largest absolute Gasteiger partial charge is 0.456 e. The van der Waals surface area contributed by atoms with Crippen molar-refractivity contribution in [1.82, 2.24) is 0 Å². The molecule has 0 saturated carbocycles. The molecule has 0 radical (unpaired) electrons. The van der Waals surface area contributed by atoms with Crippen LogP contribution in [0.5, 0.6) is 0 Å². The van der Waals surface area contributed by atoms with Crippen LogP contribution in [0.3, 0.4) is 0 Å². The topological polar surface area (TPSA) is 116 Å². The molecule has 16 heavy (non-hydrogen) atoms. The summed E-state index contributed by atoms with van der Waals surface area (Å²) in [5, 5.41) is 35.1. The zero-order valence-corrected chi connectivity index (χ0v) is 9.07. The first kappa shape index (κ1) is 15.3. The first-order valence-electron chi connectivity index (χ1n) is 4.87. The molecule has 0 saturated heterocycles. The molecule has 3 unspecified atom stereocenters. The fourth-order valence-corrected chi connectivity index (χ4v) is 0.775. The van der Waals surface area contributed by atoms with Gasteiger partial charge in [0.15, 0.2) is 0 Å². The van der Waals surface area contributed by atoms with E-state index in [4.69, 9.17) is 25.2 Å². The number of aliphatic hydroxyl groups is 4. The van der Waals surface area contributed by atoms with E-state index in [-0.39, 0.29) is 13.2 Å². The molecule has 0 fully saturated rings. The average molecular weight is 238 g/mol. The summed E-state index contributed by atoms with van der Waals surface area (Å²) in [6, 6.07) is 0. The summed E-state index contributed by atoms with van der Waals surface area (Å²) in [6.07, 6.45) is -3.17. The lowest BCUT2D eigenvalue weighted by Crippen LogP contribution is -2.33. The van der Waals surface area contributed by atoms with E-state index in [1.165, 1.54) is 6.92 Å². The lowest BCUT2D eigenvalue weighted by atomic mass is 10.3. The summed E-state index contributed by atoms with van der Waals surface area (Å²) < 4.78 is 9.56. The van der Waals surface area contributed by atoms with Crippen molar-refractivity contribution in [2.45, 2.75) is 25.2 Å². The molecule has 0 aromatic heterocycles. The summed E-state index contributed by atoms with van der Waals surface area (Å²) in [6.45, 7) is 0.114. The third kappa shape index (κ3) is 6.70. The molecule has 0 aromatic carbocycles. The van der Waals surface area contributed by atoms with Crippen LogP contribution in [0.15, 0.2) is 0 Å². The molecule has 7 nitrogen and oxygen atoms in total. The minimum absolute atomic E-state index is 0.119. The minimum atomic E-state index is -1.27. The maximum absolute atomic E-state index is 10.9. The molecule has 0 aromatic rings. The molecule has 0 amide bonds. The zero-order chi connectivity index (χ0) is 12.6. The van der Waals surface area contributed by atoms with Gasteiger partial charge in [-0.15, -0.1) is 0 Å². The smallest absolute Gasteiger partial charge is 0.335 e. The van der Waals surface area contributed by atoms with Crippen molar-refractivity contribution in [2.24, 2.45) is 0 Å². The van der Waals surface area contributed by atoms with Crippen molar-refractivity contribution in [2.75, 3.05) is 26.4 Å². The molecule has 0 heterocycles. The number of rotatable bonds is 8. The second-order valence-electron chi connectivity index (χ2n) is 3.29. The highest BCUT2D eigenvalue weighted by molar-refractivity contribution is 5.73. The number of carbonyl (C=O) groups excluding carboxylic acids is 1. The molecule has 7 heteroatoms. The Balaban J connectivity index is 3.79. The first-order valence-corrected chi connectivity index (χ1v) is 4.87. The minimum Gasteiger partial charge on any atom is -0.456 e. The van der Waals surface area contributed by atoms with E-state index in [9.17, 15) is 4.79 Å². The van der Waals surface area contributed by atoms with E-state index < -0.39 is 37.5 Å². The maximum atomic E-state index is 10.9. The van der Waals surface area contributed by atoms with Crippen LogP contribution in [-0.4, -0.2) is 71.1 Å². The Bertz CT molecular complexity index is 194. The van der Waals surface area contributed by atoms with Gasteiger partial charge in [-0.3, -0.25) is 0 Å². The van der Waals surface area contributed by atoms with Crippen LogP contribution in [0, 0.1) is 0 Å². The number of carbonyl (C=O) groups is 1. The van der Waals surface area contributed by atoms with Crippen molar-refractivity contribution in [1.29, 1.82) is 0 Å². The summed E-state index contributed by atoms with van der Waals surface area (Å²) in [5.74, 6) is -0.856. The van der Waals surface area contributed by atoms with Gasteiger partial charge in [0.2, 0.25) is 0 Å². The summed E-state index contributed by atoms with van der Waals surface area (Å²) in [5.41, 5.74) is 0. The zero-order valence-electron chi connectivity index (χ0n) is 9.07. The van der Waals surface area contributed by atoms with Gasteiger partial charge >= 0.3 is 5.97 Å². The van der Waals surface area contributed by atoms with Crippen LogP contribution < -0.4 is 0 Å². The van der Waals surface area contributed by atoms with E-state index in [2.05, 4.69) is 4.74 Å². The standard InChI is InChI=1S/C9H18O7/c1-6(12)9(14)16-8(3-11)5-15-4-7(13)2-10/h6-8,10-13H,2-5H2,1H3. The van der Waals surface area contributed by atoms with Gasteiger partial charge in [0.1, 0.15) is 18.3 Å². The molecule has 0 bridgehead atoms. The SMILES string of the molecule is CC(O)C(=O)OC(CO)COCC(O)CO. The Hall–Kier alpha value is -0.730. The van der Waals surface area contributed by atoms with Gasteiger partial charge in [-0.05, 0) is 6.92 Å². The van der Waals surface area contributed by atoms with Crippen molar-refractivity contribution >= 4 is 5.97 Å². The van der Waals surface area contributed by atoms with Gasteiger partial charge < -0.3 is 29.9 Å². The van der Waals surface area contributed by atoms with E-state index in [1.807, 2.05) is 0 Å². The third-order valence-corrected chi connectivity index (χ3v) is 1.65. The average Bonchev–Trinajstić information content (AvgIpc) is 2.26. The van der Waals surface area contributed by atoms with Gasteiger partial charge in [-0.25, -0.2) is 4.79 Å². The Labute approximate surface area is 93.2 Å². The third-order valence-electron chi connectivity index (χ3n) is 1.65. The fourth-order valence-electron chi connectivity index (χ4n) is 0.775. The van der Waals surface area contributed by atoms with Gasteiger partial charge in [0.05, 0.1) is 26.4 Å². The molecule has 3 atom stereocenters. The highest BCUT2D eigenvalue weighted by atomic mass is 16.6. The van der Waals surface area contributed by atoms with Crippen LogP contribution in [0.2, 0.25) is 0 Å². The van der Waals surface area contributed by atoms with Gasteiger partial charge in [-0.2, -0.15) is 0 Å². The number of esters is 1. The van der Waals surface area contributed by atoms with Crippen LogP contribution in [0.25, 0.3) is 0 Å². The van der Waals surface area contributed by atoms with Crippen LogP contribution >= 0.6 is 0 Å². The highest BCUT2D eigenvalue weighted by Crippen LogP contribution is 1.97. The number of aliphatic hydroxyl groups excluding tert-OH is 4. The molecular weight excluding hydrogens is 220 g/mol. The summed E-state index contributed by atoms with van der Waals surface area (Å²) in [4.78, 5) is 10.9. The van der Waals surface area contributed by atoms with Crippen LogP contribution in [0.1, 0.15) is 6.92 Å². The highest BCUT2D eigenvalue weighted by Gasteiger charge is 2.17. The summed E-state index contributed by atoms with van der Waals surface area (Å²) >= 11 is 0. The van der Waals surface area contributed by atoms with Crippen molar-refractivity contribution in [3.63, 3.8) is 0 Å². The fraction of sp³-hybridized carbons (Fsp3) is 0.889. The second-order valence-corrected chi connectivity index (χ2v) is 3.29. The van der Waals surface area contributed by atoms with E-state index in [1.54, 1.807) is 0 Å². The lowest BCUT2D eigenvalue weighted by Gasteiger charge is -2.17. The molecule has 96 valence electrons. The Morgan fingerprint density at radius 3 is 2.25 bits per heavy atom. The van der Waals surface area contributed by atoms with Gasteiger partial charge in [0.25, 0.3) is 0 Å². The quantitative estimate of drug-likeness (QED) is 0.349. The molecule has 0 spiro atoms. The number of hydrogen-bond acceptors (Lipinski definition) is 7. The van der Waals surface area contributed by atoms with E-state index in [0.717, 1.165) is 0 Å². The number of ether oxygens (including phenoxy) is 2. The van der Waals surface area contributed by atoms with Gasteiger partial charge in [-0.1, -0.05) is 0 Å². The molecule has 4 N–H and O–H groups in total. The first-order chi connectivity index (χ1) is 7.51. The monoisotopic (exact) mass is 238 g/mol. The van der Waals surface area contributed by atoms with E-state index in [0.29, 0.717) is 0 Å². The predicted molar refractivity (Wildman–Crippen MR) is 52.6 cm³/mol. The molecule has 0 rings (SSSR count). The Kier molecular flexibility index (Phi) is 8.04. The van der Waals surface area contributed by atoms with E-state index >= 15 is 0 Å². The van der Waals surface area contributed by atoms with Gasteiger partial charge in [0, 0.05) is 0 Å². The molecule has 0 aliphatic rings. The normalized spacial score (nSPS) is 16.6. The molecule has 0 aliphatic carbocycles. The van der Waals surface area contributed by atoms with Crippen molar-refractivity contribution in [3.05, 3.63) is 0 Å². The Morgan fingerprint density at radius 2 is 1.81 bits per heavy atom. The van der Waals surface area contributed by atoms with Crippen LogP contribution in [-0.2, 0) is 14.3 Å². The molecule has 0 aliphatic heterocycles. The molecular formula is C9H18O7. The maximum Gasteiger partial charge on any atom is 0.335 e. The number of hydrogen-bond donors (Lipinski definition) is 4. The van der Waals surface area contributed by atoms with Crippen molar-refractivity contribution in [3.8, 4) is 0 Å². The lowest BCUT2D eigenvalue weighted by molar-refractivity contribution is -0.164. The van der Waals surface area contributed by atoms with Crippen molar-refractivity contribution < 1.29 is 34.7 Å².